The second-order valence-electron chi connectivity index (χ2n) is 5.53. The average Bonchev–Trinajstić information content (AvgIpc) is 3.20. The van der Waals surface area contributed by atoms with Crippen LogP contribution in [0.2, 0.25) is 0 Å². The Balaban J connectivity index is 1.53. The van der Waals surface area contributed by atoms with E-state index in [1.807, 2.05) is 4.68 Å². The van der Waals surface area contributed by atoms with Crippen molar-refractivity contribution in [2.75, 3.05) is 0 Å². The molecule has 21 heavy (non-hydrogen) atoms. The zero-order valence-electron chi connectivity index (χ0n) is 12.3. The van der Waals surface area contributed by atoms with Gasteiger partial charge in [0.05, 0.1) is 5.75 Å². The van der Waals surface area contributed by atoms with Crippen LogP contribution in [0.4, 0.5) is 0 Å². The second kappa shape index (κ2) is 7.02. The highest BCUT2D eigenvalue weighted by molar-refractivity contribution is 7.98. The van der Waals surface area contributed by atoms with Crippen molar-refractivity contribution in [2.45, 2.75) is 62.9 Å². The lowest BCUT2D eigenvalue weighted by molar-refractivity contribution is 0.531. The smallest absolute Gasteiger partial charge is 0.208 e. The van der Waals surface area contributed by atoms with E-state index in [2.05, 4.69) is 37.6 Å². The highest BCUT2D eigenvalue weighted by Gasteiger charge is 2.17. The van der Waals surface area contributed by atoms with E-state index < -0.39 is 0 Å². The van der Waals surface area contributed by atoms with Gasteiger partial charge >= 0.3 is 0 Å². The molecule has 0 spiro atoms. The Morgan fingerprint density at radius 2 is 2.19 bits per heavy atom. The molecule has 3 rings (SSSR count). The molecule has 0 saturated heterocycles. The number of rotatable bonds is 7. The van der Waals surface area contributed by atoms with Gasteiger partial charge in [-0.25, -0.2) is 9.67 Å². The van der Waals surface area contributed by atoms with Crippen LogP contribution in [-0.2, 0) is 18.7 Å². The van der Waals surface area contributed by atoms with Gasteiger partial charge in [0, 0.05) is 13.0 Å². The third-order valence-corrected chi connectivity index (χ3v) is 4.68. The van der Waals surface area contributed by atoms with Gasteiger partial charge in [0.25, 0.3) is 0 Å². The van der Waals surface area contributed by atoms with E-state index in [9.17, 15) is 0 Å². The van der Waals surface area contributed by atoms with Gasteiger partial charge in [0.2, 0.25) is 5.16 Å². The molecule has 1 aliphatic rings. The van der Waals surface area contributed by atoms with Crippen LogP contribution in [0, 0.1) is 5.92 Å². The highest BCUT2D eigenvalue weighted by atomic mass is 32.2. The third kappa shape index (κ3) is 3.81. The van der Waals surface area contributed by atoms with Gasteiger partial charge in [-0.2, -0.15) is 0 Å². The molecule has 0 aromatic carbocycles. The lowest BCUT2D eigenvalue weighted by Crippen LogP contribution is -2.04. The maximum Gasteiger partial charge on any atom is 0.208 e. The predicted molar refractivity (Wildman–Crippen MR) is 79.7 cm³/mol. The summed E-state index contributed by atoms with van der Waals surface area (Å²) < 4.78 is 1.85. The fourth-order valence-electron chi connectivity index (χ4n) is 2.76. The summed E-state index contributed by atoms with van der Waals surface area (Å²) in [6.45, 7) is 2.97. The molecule has 0 aliphatic heterocycles. The van der Waals surface area contributed by atoms with Gasteiger partial charge < -0.3 is 0 Å². The number of hydrogen-bond donors (Lipinski definition) is 1. The fourth-order valence-corrected chi connectivity index (χ4v) is 3.51. The highest BCUT2D eigenvalue weighted by Crippen LogP contribution is 2.27. The molecule has 0 radical (unpaired) electrons. The van der Waals surface area contributed by atoms with Crippen LogP contribution in [0.25, 0.3) is 0 Å². The Kier molecular flexibility index (Phi) is 4.84. The van der Waals surface area contributed by atoms with Crippen LogP contribution in [0.15, 0.2) is 5.16 Å². The quantitative estimate of drug-likeness (QED) is 0.789. The van der Waals surface area contributed by atoms with Crippen LogP contribution >= 0.6 is 11.8 Å². The summed E-state index contributed by atoms with van der Waals surface area (Å²) in [5.74, 6) is 3.38. The van der Waals surface area contributed by atoms with Crippen molar-refractivity contribution in [3.8, 4) is 0 Å². The fraction of sp³-hybridized carbons (Fsp3) is 0.769. The first-order valence-corrected chi connectivity index (χ1v) is 8.63. The number of H-pyrrole nitrogens is 1. The van der Waals surface area contributed by atoms with Gasteiger partial charge in [-0.15, -0.1) is 10.2 Å². The van der Waals surface area contributed by atoms with Crippen molar-refractivity contribution in [3.05, 3.63) is 11.6 Å². The molecular weight excluding hydrogens is 286 g/mol. The van der Waals surface area contributed by atoms with Crippen molar-refractivity contribution in [3.63, 3.8) is 0 Å². The van der Waals surface area contributed by atoms with Crippen molar-refractivity contribution in [1.82, 2.24) is 35.4 Å². The lowest BCUT2D eigenvalue weighted by Gasteiger charge is -2.04. The molecule has 1 fully saturated rings. The van der Waals surface area contributed by atoms with Gasteiger partial charge in [0.15, 0.2) is 5.82 Å². The van der Waals surface area contributed by atoms with E-state index in [4.69, 9.17) is 0 Å². The Morgan fingerprint density at radius 1 is 1.33 bits per heavy atom. The molecule has 0 amide bonds. The molecule has 2 aromatic rings. The molecule has 2 aromatic heterocycles. The molecule has 1 aliphatic carbocycles. The molecule has 1 saturated carbocycles. The molecule has 0 unspecified atom stereocenters. The Bertz CT molecular complexity index is 558. The maximum absolute atomic E-state index is 4.57. The summed E-state index contributed by atoms with van der Waals surface area (Å²) in [4.78, 5) is 4.57. The van der Waals surface area contributed by atoms with E-state index in [1.54, 1.807) is 11.8 Å². The molecule has 2 heterocycles. The summed E-state index contributed by atoms with van der Waals surface area (Å²) in [5, 5.41) is 19.9. The van der Waals surface area contributed by atoms with Crippen molar-refractivity contribution >= 4 is 11.8 Å². The maximum atomic E-state index is 4.57. The number of aromatic amines is 1. The second-order valence-corrected chi connectivity index (χ2v) is 6.47. The first kappa shape index (κ1) is 14.5. The minimum atomic E-state index is 0.702. The van der Waals surface area contributed by atoms with Crippen molar-refractivity contribution in [2.24, 2.45) is 5.92 Å². The summed E-state index contributed by atoms with van der Waals surface area (Å²) in [6, 6.07) is 0. The molecule has 0 bridgehead atoms. The van der Waals surface area contributed by atoms with Crippen molar-refractivity contribution in [1.29, 1.82) is 0 Å². The zero-order valence-corrected chi connectivity index (χ0v) is 13.1. The summed E-state index contributed by atoms with van der Waals surface area (Å²) in [7, 11) is 0. The average molecular weight is 307 g/mol. The molecule has 1 N–H and O–H groups in total. The van der Waals surface area contributed by atoms with E-state index in [-0.39, 0.29) is 0 Å². The largest absolute Gasteiger partial charge is 0.262 e. The summed E-state index contributed by atoms with van der Waals surface area (Å²) >= 11 is 1.58. The lowest BCUT2D eigenvalue weighted by atomic mass is 10.0. The van der Waals surface area contributed by atoms with E-state index in [0.29, 0.717) is 5.75 Å². The molecule has 7 nitrogen and oxygen atoms in total. The van der Waals surface area contributed by atoms with Gasteiger partial charge in [-0.05, 0) is 22.8 Å². The van der Waals surface area contributed by atoms with Gasteiger partial charge in [0.1, 0.15) is 5.82 Å². The number of nitrogens with one attached hydrogen (secondary N) is 1. The summed E-state index contributed by atoms with van der Waals surface area (Å²) in [5.41, 5.74) is 0. The molecular formula is C13H21N7S. The van der Waals surface area contributed by atoms with Crippen LogP contribution in [0.1, 0.15) is 50.7 Å². The first-order valence-electron chi connectivity index (χ1n) is 7.64. The number of thioether (sulfide) groups is 1. The number of aromatic nitrogens is 7. The van der Waals surface area contributed by atoms with Crippen LogP contribution in [-0.4, -0.2) is 35.4 Å². The number of aryl methyl sites for hydroxylation is 1. The van der Waals surface area contributed by atoms with E-state index >= 15 is 0 Å². The monoisotopic (exact) mass is 307 g/mol. The van der Waals surface area contributed by atoms with Crippen LogP contribution < -0.4 is 0 Å². The van der Waals surface area contributed by atoms with Crippen LogP contribution in [0.3, 0.4) is 0 Å². The van der Waals surface area contributed by atoms with E-state index in [1.165, 1.54) is 25.7 Å². The van der Waals surface area contributed by atoms with Gasteiger partial charge in [-0.1, -0.05) is 44.4 Å². The standard InChI is InChI=1S/C13H21N7S/c1-2-7-20-12(16-18-19-20)9-21-13-14-11(15-17-13)8-10-5-3-4-6-10/h10H,2-9H2,1H3,(H,14,15,17). The predicted octanol–water partition coefficient (Wildman–Crippen LogP) is 2.23. The third-order valence-electron chi connectivity index (χ3n) is 3.84. The van der Waals surface area contributed by atoms with Crippen LogP contribution in [0.5, 0.6) is 0 Å². The van der Waals surface area contributed by atoms with Crippen molar-refractivity contribution < 1.29 is 0 Å². The zero-order chi connectivity index (χ0) is 14.5. The number of tetrazole rings is 1. The van der Waals surface area contributed by atoms with Gasteiger partial charge in [-0.3, -0.25) is 5.10 Å². The topological polar surface area (TPSA) is 85.2 Å². The first-order chi connectivity index (χ1) is 10.3. The Hall–Kier alpha value is -1.44. The SMILES string of the molecule is CCCn1nnnc1CSc1n[nH]c(CC2CCCC2)n1. The molecule has 114 valence electrons. The Morgan fingerprint density at radius 3 is 3.00 bits per heavy atom. The normalized spacial score (nSPS) is 15.9. The number of hydrogen-bond acceptors (Lipinski definition) is 6. The molecule has 0 atom stereocenters. The summed E-state index contributed by atoms with van der Waals surface area (Å²) in [6.07, 6.45) is 7.43. The minimum Gasteiger partial charge on any atom is -0.262 e. The van der Waals surface area contributed by atoms with E-state index in [0.717, 1.165) is 42.1 Å². The Labute approximate surface area is 128 Å². The number of nitrogens with zero attached hydrogens (tertiary/aromatic N) is 6. The minimum absolute atomic E-state index is 0.702. The molecule has 8 heteroatoms.